The Labute approximate surface area is 181 Å². The van der Waals surface area contributed by atoms with Gasteiger partial charge in [0.2, 0.25) is 0 Å². The molecule has 2 aromatic carbocycles. The first-order valence-corrected chi connectivity index (χ1v) is 11.2. The van der Waals surface area contributed by atoms with E-state index in [-0.39, 0.29) is 11.8 Å². The number of nitrogens with zero attached hydrogens (tertiary/aromatic N) is 4. The van der Waals surface area contributed by atoms with Gasteiger partial charge in [0.05, 0.1) is 16.0 Å². The van der Waals surface area contributed by atoms with E-state index in [0.717, 1.165) is 21.5 Å². The van der Waals surface area contributed by atoms with Gasteiger partial charge in [-0.3, -0.25) is 19.1 Å². The Kier molecular flexibility index (Phi) is 4.94. The molecule has 4 aromatic rings. The topological polar surface area (TPSA) is 68.1 Å². The van der Waals surface area contributed by atoms with Crippen molar-refractivity contribution in [3.05, 3.63) is 83.2 Å². The fraction of sp³-hybridized carbons (Fsp3) is 0.0909. The molecule has 0 saturated carbocycles. The minimum absolute atomic E-state index is 0.236. The van der Waals surface area contributed by atoms with Crippen LogP contribution in [-0.4, -0.2) is 43.8 Å². The Morgan fingerprint density at radius 2 is 1.53 bits per heavy atom. The van der Waals surface area contributed by atoms with Gasteiger partial charge in [-0.15, -0.1) is 21.5 Å². The predicted molar refractivity (Wildman–Crippen MR) is 117 cm³/mol. The summed E-state index contributed by atoms with van der Waals surface area (Å²) in [6.45, 7) is 0.312. The highest BCUT2D eigenvalue weighted by atomic mass is 32.2. The van der Waals surface area contributed by atoms with Crippen molar-refractivity contribution >= 4 is 34.9 Å². The molecule has 2 aromatic heterocycles. The lowest BCUT2D eigenvalue weighted by Crippen LogP contribution is -2.31. The van der Waals surface area contributed by atoms with Crippen molar-refractivity contribution in [1.82, 2.24) is 19.7 Å². The number of hydrogen-bond acceptors (Lipinski definition) is 6. The number of aromatic nitrogens is 3. The number of benzene rings is 2. The Hall–Kier alpha value is -3.23. The zero-order valence-corrected chi connectivity index (χ0v) is 17.4. The van der Waals surface area contributed by atoms with Crippen LogP contribution in [0.5, 0.6) is 0 Å². The number of rotatable bonds is 6. The lowest BCUT2D eigenvalue weighted by molar-refractivity contribution is 0.0664. The normalized spacial score (nSPS) is 13.1. The van der Waals surface area contributed by atoms with Gasteiger partial charge in [0.15, 0.2) is 11.0 Å². The third kappa shape index (κ3) is 3.24. The average Bonchev–Trinajstić information content (AvgIpc) is 3.50. The van der Waals surface area contributed by atoms with E-state index in [0.29, 0.717) is 23.4 Å². The molecule has 0 radical (unpaired) electrons. The quantitative estimate of drug-likeness (QED) is 0.334. The molecule has 0 saturated heterocycles. The molecule has 30 heavy (non-hydrogen) atoms. The van der Waals surface area contributed by atoms with Crippen LogP contribution in [0.4, 0.5) is 0 Å². The van der Waals surface area contributed by atoms with Crippen LogP contribution in [0.25, 0.3) is 16.4 Å². The average molecular weight is 433 g/mol. The molecule has 0 bridgehead atoms. The van der Waals surface area contributed by atoms with Crippen molar-refractivity contribution in [2.45, 2.75) is 5.16 Å². The zero-order chi connectivity index (χ0) is 20.5. The van der Waals surface area contributed by atoms with Gasteiger partial charge in [0.25, 0.3) is 11.8 Å². The number of amides is 2. The van der Waals surface area contributed by atoms with Crippen LogP contribution in [0.2, 0.25) is 0 Å². The third-order valence-electron chi connectivity index (χ3n) is 4.81. The van der Waals surface area contributed by atoms with Crippen LogP contribution in [-0.2, 0) is 0 Å². The molecular weight excluding hydrogens is 416 g/mol. The maximum absolute atomic E-state index is 12.6. The second-order valence-corrected chi connectivity index (χ2v) is 8.62. The summed E-state index contributed by atoms with van der Waals surface area (Å²) in [5.41, 5.74) is 1.91. The zero-order valence-electron chi connectivity index (χ0n) is 15.8. The standard InChI is InChI=1S/C22H16N4O2S2/c27-20-16-9-4-5-10-17(16)21(28)25(20)12-14-30-22-24-23-19(18-11-6-13-29-18)26(22)15-7-2-1-3-8-15/h1-11,13H,12,14H2. The predicted octanol–water partition coefficient (Wildman–Crippen LogP) is 4.38. The van der Waals surface area contributed by atoms with Crippen molar-refractivity contribution in [3.8, 4) is 16.4 Å². The first kappa shape index (κ1) is 18.8. The van der Waals surface area contributed by atoms with Crippen molar-refractivity contribution in [3.63, 3.8) is 0 Å². The van der Waals surface area contributed by atoms with Crippen molar-refractivity contribution in [2.75, 3.05) is 12.3 Å². The second kappa shape index (κ2) is 7.89. The smallest absolute Gasteiger partial charge is 0.261 e. The number of carbonyl (C=O) groups excluding carboxylic acids is 2. The Morgan fingerprint density at radius 3 is 2.20 bits per heavy atom. The van der Waals surface area contributed by atoms with Crippen LogP contribution < -0.4 is 0 Å². The van der Waals surface area contributed by atoms with E-state index in [2.05, 4.69) is 10.2 Å². The number of carbonyl (C=O) groups is 2. The summed E-state index contributed by atoms with van der Waals surface area (Å²) in [5.74, 6) is 0.834. The molecule has 0 N–H and O–H groups in total. The van der Waals surface area contributed by atoms with Gasteiger partial charge in [-0.25, -0.2) is 0 Å². The van der Waals surface area contributed by atoms with E-state index < -0.39 is 0 Å². The molecule has 0 spiro atoms. The molecule has 2 amide bonds. The fourth-order valence-corrected chi connectivity index (χ4v) is 4.98. The number of imide groups is 1. The van der Waals surface area contributed by atoms with Gasteiger partial charge in [0, 0.05) is 18.0 Å². The van der Waals surface area contributed by atoms with Gasteiger partial charge in [-0.2, -0.15) is 0 Å². The fourth-order valence-electron chi connectivity index (χ4n) is 3.41. The highest BCUT2D eigenvalue weighted by molar-refractivity contribution is 7.99. The highest BCUT2D eigenvalue weighted by Gasteiger charge is 2.34. The summed E-state index contributed by atoms with van der Waals surface area (Å²) < 4.78 is 2.01. The maximum atomic E-state index is 12.6. The molecule has 0 fully saturated rings. The maximum Gasteiger partial charge on any atom is 0.261 e. The van der Waals surface area contributed by atoms with Crippen molar-refractivity contribution < 1.29 is 9.59 Å². The number of para-hydroxylation sites is 1. The Bertz CT molecular complexity index is 1180. The van der Waals surface area contributed by atoms with E-state index in [1.54, 1.807) is 35.6 Å². The van der Waals surface area contributed by atoms with Gasteiger partial charge in [-0.05, 0) is 35.7 Å². The molecule has 8 heteroatoms. The van der Waals surface area contributed by atoms with Gasteiger partial charge < -0.3 is 0 Å². The molecule has 0 atom stereocenters. The third-order valence-corrected chi connectivity index (χ3v) is 6.59. The molecule has 1 aliphatic heterocycles. The molecule has 6 nitrogen and oxygen atoms in total. The van der Waals surface area contributed by atoms with Crippen molar-refractivity contribution in [2.24, 2.45) is 0 Å². The molecular formula is C22H16N4O2S2. The summed E-state index contributed by atoms with van der Waals surface area (Å²) in [4.78, 5) is 27.5. The van der Waals surface area contributed by atoms with Gasteiger partial charge in [-0.1, -0.05) is 48.2 Å². The number of thiophene rings is 1. The molecule has 0 aliphatic carbocycles. The van der Waals surface area contributed by atoms with E-state index in [1.165, 1.54) is 16.7 Å². The Morgan fingerprint density at radius 1 is 0.833 bits per heavy atom. The van der Waals surface area contributed by atoms with Crippen LogP contribution in [0.15, 0.2) is 77.3 Å². The summed E-state index contributed by atoms with van der Waals surface area (Å²) >= 11 is 3.08. The molecule has 5 rings (SSSR count). The minimum atomic E-state index is -0.236. The highest BCUT2D eigenvalue weighted by Crippen LogP contribution is 2.31. The summed E-state index contributed by atoms with van der Waals surface area (Å²) in [5, 5.41) is 11.5. The molecule has 0 unspecified atom stereocenters. The first-order valence-electron chi connectivity index (χ1n) is 9.37. The molecule has 1 aliphatic rings. The summed E-state index contributed by atoms with van der Waals surface area (Å²) in [7, 11) is 0. The summed E-state index contributed by atoms with van der Waals surface area (Å²) in [6.07, 6.45) is 0. The van der Waals surface area contributed by atoms with E-state index in [1.807, 2.05) is 52.4 Å². The van der Waals surface area contributed by atoms with E-state index in [4.69, 9.17) is 0 Å². The lowest BCUT2D eigenvalue weighted by Gasteiger charge is -2.14. The van der Waals surface area contributed by atoms with Crippen LogP contribution in [0.3, 0.4) is 0 Å². The SMILES string of the molecule is O=C1c2ccccc2C(=O)N1CCSc1nnc(-c2cccs2)n1-c1ccccc1. The Balaban J connectivity index is 1.38. The second-order valence-electron chi connectivity index (χ2n) is 6.61. The van der Waals surface area contributed by atoms with Crippen LogP contribution in [0, 0.1) is 0 Å². The monoisotopic (exact) mass is 432 g/mol. The van der Waals surface area contributed by atoms with E-state index in [9.17, 15) is 9.59 Å². The van der Waals surface area contributed by atoms with Crippen molar-refractivity contribution in [1.29, 1.82) is 0 Å². The lowest BCUT2D eigenvalue weighted by atomic mass is 10.1. The molecule has 148 valence electrons. The summed E-state index contributed by atoms with van der Waals surface area (Å²) in [6, 6.07) is 20.9. The first-order chi connectivity index (χ1) is 14.7. The van der Waals surface area contributed by atoms with E-state index >= 15 is 0 Å². The largest absolute Gasteiger partial charge is 0.273 e. The van der Waals surface area contributed by atoms with Gasteiger partial charge >= 0.3 is 0 Å². The number of hydrogen-bond donors (Lipinski definition) is 0. The number of thioether (sulfide) groups is 1. The minimum Gasteiger partial charge on any atom is -0.273 e. The van der Waals surface area contributed by atoms with Gasteiger partial charge in [0.1, 0.15) is 0 Å². The molecule has 3 heterocycles. The van der Waals surface area contributed by atoms with Crippen LogP contribution >= 0.6 is 23.1 Å². The number of fused-ring (bicyclic) bond motifs is 1. The van der Waals surface area contributed by atoms with Crippen LogP contribution in [0.1, 0.15) is 20.7 Å².